The topological polar surface area (TPSA) is 103 Å². The lowest BCUT2D eigenvalue weighted by Gasteiger charge is -2.42. The first kappa shape index (κ1) is 26.1. The molecule has 2 aromatic carbocycles. The number of nitrogens with zero attached hydrogens (tertiary/aromatic N) is 3. The van der Waals surface area contributed by atoms with E-state index in [1.807, 2.05) is 12.1 Å². The zero-order chi connectivity index (χ0) is 26.9. The summed E-state index contributed by atoms with van der Waals surface area (Å²) in [5, 5.41) is 4.18. The van der Waals surface area contributed by atoms with Crippen molar-refractivity contribution in [1.29, 1.82) is 0 Å². The van der Waals surface area contributed by atoms with Crippen molar-refractivity contribution in [1.82, 2.24) is 15.3 Å². The molecule has 0 radical (unpaired) electrons. The van der Waals surface area contributed by atoms with Crippen molar-refractivity contribution in [3.05, 3.63) is 47.5 Å². The van der Waals surface area contributed by atoms with Crippen LogP contribution in [0.25, 0.3) is 10.9 Å². The summed E-state index contributed by atoms with van der Waals surface area (Å²) >= 11 is 0. The highest BCUT2D eigenvalue weighted by Gasteiger charge is 2.43. The number of piperidine rings is 1. The van der Waals surface area contributed by atoms with E-state index < -0.39 is 0 Å². The third-order valence-corrected chi connectivity index (χ3v) is 8.18. The maximum absolute atomic E-state index is 13.8. The molecule has 1 fully saturated rings. The number of carbonyl (C=O) groups is 1. The Morgan fingerprint density at radius 2 is 1.79 bits per heavy atom. The molecule has 3 aromatic rings. The number of nitrogens with one attached hydrogen (secondary N) is 1. The van der Waals surface area contributed by atoms with Crippen LogP contribution in [0, 0.1) is 11.3 Å². The van der Waals surface area contributed by atoms with Gasteiger partial charge in [-0.25, -0.2) is 4.98 Å². The molecule has 1 aromatic heterocycles. The van der Waals surface area contributed by atoms with Crippen molar-refractivity contribution in [3.63, 3.8) is 0 Å². The van der Waals surface area contributed by atoms with Gasteiger partial charge in [0.1, 0.15) is 5.82 Å². The Labute approximate surface area is 224 Å². The number of fused-ring (bicyclic) bond motifs is 2. The second-order valence-corrected chi connectivity index (χ2v) is 11.2. The number of amides is 1. The Kier molecular flexibility index (Phi) is 7.32. The number of nitrogens with two attached hydrogens (primary N) is 1. The van der Waals surface area contributed by atoms with Gasteiger partial charge in [0.15, 0.2) is 11.5 Å². The SMILES string of the molecule is COc1cc2nc(N3CCC(CC(C)C)(C(=O)NC4CCc5ccccc5C4)CC3)nc(N)c2cc1OC. The van der Waals surface area contributed by atoms with Gasteiger partial charge in [-0.15, -0.1) is 0 Å². The molecule has 8 heteroatoms. The largest absolute Gasteiger partial charge is 0.493 e. The highest BCUT2D eigenvalue weighted by molar-refractivity contribution is 5.92. The van der Waals surface area contributed by atoms with Crippen molar-refractivity contribution in [2.75, 3.05) is 37.9 Å². The molecule has 0 spiro atoms. The van der Waals surface area contributed by atoms with E-state index in [1.165, 1.54) is 11.1 Å². The highest BCUT2D eigenvalue weighted by atomic mass is 16.5. The fourth-order valence-electron chi connectivity index (χ4n) is 6.21. The standard InChI is InChI=1S/C30H39N5O3/c1-19(2)18-30(28(36)32-22-10-9-20-7-5-6-8-21(20)15-22)11-13-35(14-12-30)29-33-24-17-26(38-4)25(37-3)16-23(24)27(31)34-29/h5-8,16-17,19,22H,9-15,18H2,1-4H3,(H,32,36)(H2,31,33,34). The predicted molar refractivity (Wildman–Crippen MR) is 151 cm³/mol. The molecule has 202 valence electrons. The van der Waals surface area contributed by atoms with Crippen LogP contribution in [0.15, 0.2) is 36.4 Å². The summed E-state index contributed by atoms with van der Waals surface area (Å²) in [4.78, 5) is 25.4. The summed E-state index contributed by atoms with van der Waals surface area (Å²) in [6.07, 6.45) is 5.30. The number of nitrogen functional groups attached to an aromatic ring is 1. The van der Waals surface area contributed by atoms with E-state index in [2.05, 4.69) is 53.3 Å². The molecule has 38 heavy (non-hydrogen) atoms. The number of ether oxygens (including phenoxy) is 2. The van der Waals surface area contributed by atoms with Gasteiger partial charge in [0.2, 0.25) is 11.9 Å². The van der Waals surface area contributed by atoms with Crippen LogP contribution in [0.2, 0.25) is 0 Å². The number of aryl methyl sites for hydroxylation is 1. The normalized spacial score (nSPS) is 18.8. The first-order chi connectivity index (χ1) is 18.3. The van der Waals surface area contributed by atoms with E-state index >= 15 is 0 Å². The van der Waals surface area contributed by atoms with Gasteiger partial charge in [-0.05, 0) is 61.6 Å². The first-order valence-corrected chi connectivity index (χ1v) is 13.6. The summed E-state index contributed by atoms with van der Waals surface area (Å²) in [6.45, 7) is 5.80. The number of benzene rings is 2. The molecular weight excluding hydrogens is 478 g/mol. The Balaban J connectivity index is 1.33. The lowest BCUT2D eigenvalue weighted by atomic mass is 9.71. The van der Waals surface area contributed by atoms with Gasteiger partial charge in [-0.3, -0.25) is 4.79 Å². The second kappa shape index (κ2) is 10.7. The van der Waals surface area contributed by atoms with Crippen LogP contribution >= 0.6 is 0 Å². The molecule has 2 heterocycles. The molecule has 0 saturated carbocycles. The summed E-state index contributed by atoms with van der Waals surface area (Å²) in [5.74, 6) is 2.80. The third-order valence-electron chi connectivity index (χ3n) is 8.18. The minimum absolute atomic E-state index is 0.190. The average molecular weight is 518 g/mol. The number of anilines is 2. The molecule has 8 nitrogen and oxygen atoms in total. The van der Waals surface area contributed by atoms with Gasteiger partial charge in [-0.2, -0.15) is 4.98 Å². The predicted octanol–water partition coefficient (Wildman–Crippen LogP) is 4.54. The Morgan fingerprint density at radius 3 is 2.47 bits per heavy atom. The van der Waals surface area contributed by atoms with E-state index in [1.54, 1.807) is 14.2 Å². The van der Waals surface area contributed by atoms with E-state index in [0.717, 1.165) is 43.9 Å². The number of hydrogen-bond acceptors (Lipinski definition) is 7. The minimum Gasteiger partial charge on any atom is -0.493 e. The van der Waals surface area contributed by atoms with Crippen LogP contribution in [0.1, 0.15) is 50.7 Å². The van der Waals surface area contributed by atoms with Crippen LogP contribution in [-0.2, 0) is 17.6 Å². The monoisotopic (exact) mass is 517 g/mol. The van der Waals surface area contributed by atoms with Crippen molar-refractivity contribution in [3.8, 4) is 11.5 Å². The zero-order valence-corrected chi connectivity index (χ0v) is 22.9. The van der Waals surface area contributed by atoms with Crippen molar-refractivity contribution >= 4 is 28.6 Å². The molecule has 1 saturated heterocycles. The molecule has 2 aliphatic rings. The lowest BCUT2D eigenvalue weighted by molar-refractivity contribution is -0.134. The van der Waals surface area contributed by atoms with Crippen LogP contribution in [0.5, 0.6) is 11.5 Å². The molecule has 0 bridgehead atoms. The van der Waals surface area contributed by atoms with Crippen molar-refractivity contribution in [2.24, 2.45) is 11.3 Å². The maximum Gasteiger partial charge on any atom is 0.227 e. The fraction of sp³-hybridized carbons (Fsp3) is 0.500. The van der Waals surface area contributed by atoms with E-state index in [0.29, 0.717) is 47.8 Å². The van der Waals surface area contributed by atoms with E-state index in [-0.39, 0.29) is 17.4 Å². The van der Waals surface area contributed by atoms with Crippen molar-refractivity contribution in [2.45, 2.75) is 58.4 Å². The number of methoxy groups -OCH3 is 2. The highest BCUT2D eigenvalue weighted by Crippen LogP contribution is 2.40. The van der Waals surface area contributed by atoms with Gasteiger partial charge in [0.05, 0.1) is 25.2 Å². The first-order valence-electron chi connectivity index (χ1n) is 13.6. The Morgan fingerprint density at radius 1 is 1.11 bits per heavy atom. The summed E-state index contributed by atoms with van der Waals surface area (Å²) in [5.41, 5.74) is 9.44. The molecule has 1 atom stereocenters. The summed E-state index contributed by atoms with van der Waals surface area (Å²) < 4.78 is 10.9. The van der Waals surface area contributed by atoms with Crippen molar-refractivity contribution < 1.29 is 14.3 Å². The van der Waals surface area contributed by atoms with Crippen LogP contribution in [0.4, 0.5) is 11.8 Å². The number of hydrogen-bond donors (Lipinski definition) is 2. The van der Waals surface area contributed by atoms with Gasteiger partial charge < -0.3 is 25.4 Å². The van der Waals surface area contributed by atoms with E-state index in [9.17, 15) is 4.79 Å². The summed E-state index contributed by atoms with van der Waals surface area (Å²) in [6, 6.07) is 12.4. The molecule has 1 amide bonds. The molecule has 5 rings (SSSR count). The summed E-state index contributed by atoms with van der Waals surface area (Å²) in [7, 11) is 3.20. The van der Waals surface area contributed by atoms with E-state index in [4.69, 9.17) is 20.2 Å². The van der Waals surface area contributed by atoms with Gasteiger partial charge >= 0.3 is 0 Å². The molecule has 1 unspecified atom stereocenters. The smallest absolute Gasteiger partial charge is 0.227 e. The van der Waals surface area contributed by atoms with Crippen LogP contribution in [0.3, 0.4) is 0 Å². The molecular formula is C30H39N5O3. The van der Waals surface area contributed by atoms with Gasteiger partial charge in [-0.1, -0.05) is 38.1 Å². The van der Waals surface area contributed by atoms with Gasteiger partial charge in [0.25, 0.3) is 0 Å². The third kappa shape index (κ3) is 5.08. The van der Waals surface area contributed by atoms with Crippen LogP contribution < -0.4 is 25.4 Å². The number of aromatic nitrogens is 2. The zero-order valence-electron chi connectivity index (χ0n) is 22.9. The van der Waals surface area contributed by atoms with Crippen LogP contribution in [-0.4, -0.2) is 49.2 Å². The number of rotatable bonds is 7. The fourth-order valence-corrected chi connectivity index (χ4v) is 6.21. The Bertz CT molecular complexity index is 1320. The lowest BCUT2D eigenvalue weighted by Crippen LogP contribution is -2.52. The maximum atomic E-state index is 13.8. The molecule has 1 aliphatic heterocycles. The molecule has 3 N–H and O–H groups in total. The second-order valence-electron chi connectivity index (χ2n) is 11.2. The Hall–Kier alpha value is -3.55. The minimum atomic E-state index is -0.388. The molecule has 1 aliphatic carbocycles. The number of carbonyl (C=O) groups excluding carboxylic acids is 1. The quantitative estimate of drug-likeness (QED) is 0.474. The average Bonchev–Trinajstić information content (AvgIpc) is 2.92. The van der Waals surface area contributed by atoms with Gasteiger partial charge in [0, 0.05) is 30.6 Å².